The maximum atomic E-state index is 12.5. The number of rotatable bonds is 2. The van der Waals surface area contributed by atoms with Crippen molar-refractivity contribution in [1.29, 1.82) is 0 Å². The van der Waals surface area contributed by atoms with Crippen molar-refractivity contribution in [3.63, 3.8) is 0 Å². The lowest BCUT2D eigenvalue weighted by molar-refractivity contribution is -0.291. The summed E-state index contributed by atoms with van der Waals surface area (Å²) in [6.45, 7) is 4.24. The normalized spacial score (nSPS) is 37.1. The van der Waals surface area contributed by atoms with E-state index in [1.807, 2.05) is 25.1 Å². The van der Waals surface area contributed by atoms with Crippen molar-refractivity contribution >= 4 is 5.97 Å². The van der Waals surface area contributed by atoms with E-state index >= 15 is 0 Å². The molecule has 0 heterocycles. The summed E-state index contributed by atoms with van der Waals surface area (Å²) in [5.74, 6) is -0.0623. The van der Waals surface area contributed by atoms with Crippen molar-refractivity contribution < 1.29 is 19.7 Å². The molecule has 0 radical (unpaired) electrons. The highest BCUT2D eigenvalue weighted by atomic mass is 17.1. The Balaban J connectivity index is 2.14. The Labute approximate surface area is 131 Å². The lowest BCUT2D eigenvalue weighted by Gasteiger charge is -2.54. The van der Waals surface area contributed by atoms with E-state index in [0.29, 0.717) is 6.42 Å². The molecule has 0 bridgehead atoms. The Morgan fingerprint density at radius 2 is 2.00 bits per heavy atom. The van der Waals surface area contributed by atoms with Crippen LogP contribution in [0.5, 0.6) is 0 Å². The molecule has 4 atom stereocenters. The van der Waals surface area contributed by atoms with Crippen LogP contribution in [0.2, 0.25) is 0 Å². The molecule has 0 spiro atoms. The van der Waals surface area contributed by atoms with Gasteiger partial charge < -0.3 is 4.74 Å². The number of carbonyl (C=O) groups is 1. The van der Waals surface area contributed by atoms with Crippen LogP contribution in [0.4, 0.5) is 0 Å². The number of ether oxygens (including phenoxy) is 1. The number of benzene rings is 1. The monoisotopic (exact) mass is 304 g/mol. The van der Waals surface area contributed by atoms with Crippen LogP contribution in [0.3, 0.4) is 0 Å². The fourth-order valence-electron chi connectivity index (χ4n) is 4.93. The van der Waals surface area contributed by atoms with Crippen LogP contribution in [0.15, 0.2) is 24.3 Å². The van der Waals surface area contributed by atoms with Crippen LogP contribution in [-0.4, -0.2) is 18.3 Å². The molecule has 1 aromatic carbocycles. The molecule has 0 unspecified atom stereocenters. The average Bonchev–Trinajstić information content (AvgIpc) is 2.54. The zero-order valence-corrected chi connectivity index (χ0v) is 13.5. The van der Waals surface area contributed by atoms with E-state index in [4.69, 9.17) is 9.62 Å². The largest absolute Gasteiger partial charge is 0.469 e. The number of carbonyl (C=O) groups excluding carboxylic acids is 1. The van der Waals surface area contributed by atoms with Gasteiger partial charge in [-0.1, -0.05) is 37.6 Å². The molecule has 2 aliphatic carbocycles. The summed E-state index contributed by atoms with van der Waals surface area (Å²) >= 11 is 0. The number of esters is 1. The topological polar surface area (TPSA) is 55.8 Å². The van der Waals surface area contributed by atoms with E-state index < -0.39 is 5.41 Å². The molecule has 0 amide bonds. The summed E-state index contributed by atoms with van der Waals surface area (Å²) in [5.41, 5.74) is 1.61. The number of hydrogen-bond donors (Lipinski definition) is 1. The molecular weight excluding hydrogens is 280 g/mol. The highest BCUT2D eigenvalue weighted by Gasteiger charge is 2.57. The second-order valence-corrected chi connectivity index (χ2v) is 7.15. The van der Waals surface area contributed by atoms with E-state index in [2.05, 4.69) is 13.0 Å². The SMILES string of the molecule is COC(=O)[C@@]1(C)CCC[C@@]2(C)c3ccccc3[C@@H](OO)C[C@H]21. The van der Waals surface area contributed by atoms with Crippen LogP contribution in [0.1, 0.15) is 56.8 Å². The Morgan fingerprint density at radius 3 is 2.68 bits per heavy atom. The van der Waals surface area contributed by atoms with Crippen LogP contribution in [0.25, 0.3) is 0 Å². The molecule has 120 valence electrons. The van der Waals surface area contributed by atoms with Gasteiger partial charge in [0.15, 0.2) is 0 Å². The molecule has 1 saturated carbocycles. The minimum Gasteiger partial charge on any atom is -0.469 e. The molecule has 2 aliphatic rings. The first-order valence-electron chi connectivity index (χ1n) is 7.95. The minimum atomic E-state index is -0.536. The first-order valence-corrected chi connectivity index (χ1v) is 7.95. The molecule has 1 fully saturated rings. The minimum absolute atomic E-state index is 0.0905. The third kappa shape index (κ3) is 2.01. The third-order valence-corrected chi connectivity index (χ3v) is 6.08. The van der Waals surface area contributed by atoms with Crippen molar-refractivity contribution in [1.82, 2.24) is 0 Å². The molecule has 1 aromatic rings. The van der Waals surface area contributed by atoms with E-state index in [-0.39, 0.29) is 23.4 Å². The Hall–Kier alpha value is -1.39. The first-order chi connectivity index (χ1) is 10.5. The fraction of sp³-hybridized carbons (Fsp3) is 0.611. The van der Waals surface area contributed by atoms with Crippen molar-refractivity contribution in [3.05, 3.63) is 35.4 Å². The summed E-state index contributed by atoms with van der Waals surface area (Å²) in [7, 11) is 1.45. The van der Waals surface area contributed by atoms with E-state index in [9.17, 15) is 10.1 Å². The third-order valence-electron chi connectivity index (χ3n) is 6.08. The average molecular weight is 304 g/mol. The number of hydrogen-bond acceptors (Lipinski definition) is 4. The van der Waals surface area contributed by atoms with Gasteiger partial charge in [0, 0.05) is 0 Å². The van der Waals surface area contributed by atoms with Crippen molar-refractivity contribution in [3.8, 4) is 0 Å². The van der Waals surface area contributed by atoms with Crippen LogP contribution in [0, 0.1) is 11.3 Å². The standard InChI is InChI=1S/C18H24O4/c1-17-9-6-10-18(2,16(19)21-3)15(17)11-14(22-20)12-7-4-5-8-13(12)17/h4-5,7-8,14-15,20H,6,9-11H2,1-3H3/t14-,15+,17-,18-/m0/s1. The van der Waals surface area contributed by atoms with Crippen molar-refractivity contribution in [2.24, 2.45) is 11.3 Å². The van der Waals surface area contributed by atoms with Gasteiger partial charge in [-0.25, -0.2) is 4.89 Å². The molecule has 0 aromatic heterocycles. The molecule has 3 rings (SSSR count). The maximum Gasteiger partial charge on any atom is 0.311 e. The van der Waals surface area contributed by atoms with Gasteiger partial charge in [-0.15, -0.1) is 0 Å². The second kappa shape index (κ2) is 5.36. The summed E-state index contributed by atoms with van der Waals surface area (Å²) in [6, 6.07) is 8.11. The van der Waals surface area contributed by atoms with Gasteiger partial charge in [-0.2, -0.15) is 0 Å². The van der Waals surface area contributed by atoms with Gasteiger partial charge in [0.1, 0.15) is 6.10 Å². The number of fused-ring (bicyclic) bond motifs is 3. The van der Waals surface area contributed by atoms with Gasteiger partial charge in [0.2, 0.25) is 0 Å². The molecule has 22 heavy (non-hydrogen) atoms. The van der Waals surface area contributed by atoms with E-state index in [1.165, 1.54) is 12.7 Å². The summed E-state index contributed by atoms with van der Waals surface area (Å²) in [5, 5.41) is 9.36. The Morgan fingerprint density at radius 1 is 1.27 bits per heavy atom. The maximum absolute atomic E-state index is 12.5. The Bertz CT molecular complexity index is 584. The molecular formula is C18H24O4. The Kier molecular flexibility index (Phi) is 3.77. The highest BCUT2D eigenvalue weighted by molar-refractivity contribution is 5.77. The number of methoxy groups -OCH3 is 1. The first kappa shape index (κ1) is 15.5. The van der Waals surface area contributed by atoms with Crippen molar-refractivity contribution in [2.75, 3.05) is 7.11 Å². The summed E-state index contributed by atoms with van der Waals surface area (Å²) in [6.07, 6.45) is 3.11. The van der Waals surface area contributed by atoms with Crippen molar-refractivity contribution in [2.45, 2.75) is 51.0 Å². The van der Waals surface area contributed by atoms with Gasteiger partial charge in [-0.3, -0.25) is 10.1 Å². The van der Waals surface area contributed by atoms with Crippen LogP contribution >= 0.6 is 0 Å². The predicted octanol–water partition coefficient (Wildman–Crippen LogP) is 3.86. The van der Waals surface area contributed by atoms with Gasteiger partial charge in [0.25, 0.3) is 0 Å². The van der Waals surface area contributed by atoms with E-state index in [1.54, 1.807) is 0 Å². The summed E-state index contributed by atoms with van der Waals surface area (Å²) < 4.78 is 5.10. The predicted molar refractivity (Wildman–Crippen MR) is 82.3 cm³/mol. The smallest absolute Gasteiger partial charge is 0.311 e. The molecule has 1 N–H and O–H groups in total. The van der Waals surface area contributed by atoms with Crippen LogP contribution < -0.4 is 0 Å². The molecule has 0 aliphatic heterocycles. The lowest BCUT2D eigenvalue weighted by atomic mass is 9.49. The second-order valence-electron chi connectivity index (χ2n) is 7.15. The molecule has 0 saturated heterocycles. The highest BCUT2D eigenvalue weighted by Crippen LogP contribution is 2.59. The fourth-order valence-corrected chi connectivity index (χ4v) is 4.93. The van der Waals surface area contributed by atoms with Gasteiger partial charge >= 0.3 is 5.97 Å². The van der Waals surface area contributed by atoms with E-state index in [0.717, 1.165) is 24.8 Å². The summed E-state index contributed by atoms with van der Waals surface area (Å²) in [4.78, 5) is 17.2. The van der Waals surface area contributed by atoms with Crippen LogP contribution in [-0.2, 0) is 19.8 Å². The molecule has 4 heteroatoms. The van der Waals surface area contributed by atoms with Gasteiger partial charge in [-0.05, 0) is 48.6 Å². The molecule has 4 nitrogen and oxygen atoms in total. The van der Waals surface area contributed by atoms with Gasteiger partial charge in [0.05, 0.1) is 12.5 Å². The zero-order valence-electron chi connectivity index (χ0n) is 13.5. The zero-order chi connectivity index (χ0) is 16.0. The quantitative estimate of drug-likeness (QED) is 0.512. The lowest BCUT2D eigenvalue weighted by Crippen LogP contribution is -2.53.